The van der Waals surface area contributed by atoms with Gasteiger partial charge in [0.15, 0.2) is 6.29 Å². The molecular formula is C30H33NO5S. The predicted molar refractivity (Wildman–Crippen MR) is 145 cm³/mol. The van der Waals surface area contributed by atoms with Gasteiger partial charge in [-0.25, -0.2) is 4.79 Å². The standard InChI is InChI=1S/C30H33NO5S/c1-3-17-34-30(33)31-18-22-9-15-25(16-10-22)29-35-27(20-37-26-7-5-4-6-8-26)21(2)28(36-29)24-13-11-23(19-32)12-14-24/h3-16,21,27-29,32H,1,17-20H2,2H3,(H,31,33). The minimum atomic E-state index is -0.528. The number of aliphatic hydroxyl groups excluding tert-OH is 1. The molecule has 2 N–H and O–H groups in total. The van der Waals surface area contributed by atoms with Crippen LogP contribution >= 0.6 is 11.8 Å². The lowest BCUT2D eigenvalue weighted by atomic mass is 9.91. The quantitative estimate of drug-likeness (QED) is 0.246. The number of carbonyl (C=O) groups is 1. The van der Waals surface area contributed by atoms with Crippen LogP contribution in [0.3, 0.4) is 0 Å². The number of nitrogens with one attached hydrogen (secondary N) is 1. The lowest BCUT2D eigenvalue weighted by Crippen LogP contribution is -2.38. The highest BCUT2D eigenvalue weighted by Gasteiger charge is 2.38. The number of benzene rings is 3. The first kappa shape index (κ1) is 26.9. The minimum Gasteiger partial charge on any atom is -0.445 e. The molecular weight excluding hydrogens is 486 g/mol. The van der Waals surface area contributed by atoms with Crippen LogP contribution in [-0.4, -0.2) is 29.7 Å². The van der Waals surface area contributed by atoms with Crippen LogP contribution in [0, 0.1) is 5.92 Å². The van der Waals surface area contributed by atoms with Crippen LogP contribution in [0.5, 0.6) is 0 Å². The van der Waals surface area contributed by atoms with Crippen molar-refractivity contribution < 1.29 is 24.1 Å². The number of hydrogen-bond acceptors (Lipinski definition) is 6. The second kappa shape index (κ2) is 13.4. The summed E-state index contributed by atoms with van der Waals surface area (Å²) in [5.74, 6) is 0.919. The third-order valence-electron chi connectivity index (χ3n) is 6.30. The molecule has 37 heavy (non-hydrogen) atoms. The molecule has 6 nitrogen and oxygen atoms in total. The summed E-state index contributed by atoms with van der Waals surface area (Å²) in [7, 11) is 0. The van der Waals surface area contributed by atoms with Gasteiger partial charge in [-0.2, -0.15) is 0 Å². The molecule has 0 aliphatic carbocycles. The topological polar surface area (TPSA) is 77.0 Å². The van der Waals surface area contributed by atoms with E-state index < -0.39 is 12.4 Å². The minimum absolute atomic E-state index is 0.0105. The Balaban J connectivity index is 1.48. The summed E-state index contributed by atoms with van der Waals surface area (Å²) >= 11 is 1.78. The van der Waals surface area contributed by atoms with Gasteiger partial charge >= 0.3 is 6.09 Å². The van der Waals surface area contributed by atoms with Crippen molar-refractivity contribution in [2.24, 2.45) is 5.92 Å². The van der Waals surface area contributed by atoms with Gasteiger partial charge in [-0.1, -0.05) is 86.3 Å². The van der Waals surface area contributed by atoms with Crippen LogP contribution in [-0.2, 0) is 27.4 Å². The summed E-state index contributed by atoms with van der Waals surface area (Å²) in [6.07, 6.45) is 0.325. The van der Waals surface area contributed by atoms with Gasteiger partial charge in [0.05, 0.1) is 18.8 Å². The number of hydrogen-bond donors (Lipinski definition) is 2. The van der Waals surface area contributed by atoms with Crippen molar-refractivity contribution >= 4 is 17.9 Å². The number of aliphatic hydroxyl groups is 1. The zero-order valence-corrected chi connectivity index (χ0v) is 21.7. The zero-order chi connectivity index (χ0) is 26.0. The van der Waals surface area contributed by atoms with Crippen LogP contribution in [0.15, 0.2) is 96.4 Å². The maximum Gasteiger partial charge on any atom is 0.407 e. The molecule has 4 rings (SSSR count). The first-order valence-corrected chi connectivity index (χ1v) is 13.3. The monoisotopic (exact) mass is 519 g/mol. The van der Waals surface area contributed by atoms with Crippen molar-refractivity contribution in [3.05, 3.63) is 114 Å². The summed E-state index contributed by atoms with van der Waals surface area (Å²) in [6.45, 7) is 6.24. The molecule has 0 saturated carbocycles. The molecule has 4 atom stereocenters. The van der Waals surface area contributed by atoms with E-state index in [4.69, 9.17) is 14.2 Å². The Morgan fingerprint density at radius 1 is 1.00 bits per heavy atom. The number of ether oxygens (including phenoxy) is 3. The Labute approximate surface area is 222 Å². The highest BCUT2D eigenvalue weighted by molar-refractivity contribution is 7.99. The van der Waals surface area contributed by atoms with Gasteiger partial charge in [0.2, 0.25) is 0 Å². The van der Waals surface area contributed by atoms with Gasteiger partial charge in [0.1, 0.15) is 6.61 Å². The van der Waals surface area contributed by atoms with E-state index >= 15 is 0 Å². The first-order chi connectivity index (χ1) is 18.1. The highest BCUT2D eigenvalue weighted by Crippen LogP contribution is 2.43. The van der Waals surface area contributed by atoms with Gasteiger partial charge in [-0.15, -0.1) is 11.8 Å². The largest absolute Gasteiger partial charge is 0.445 e. The molecule has 1 saturated heterocycles. The van der Waals surface area contributed by atoms with Crippen molar-refractivity contribution in [1.29, 1.82) is 0 Å². The molecule has 7 heteroatoms. The number of alkyl carbamates (subject to hydrolysis) is 1. The van der Waals surface area contributed by atoms with Gasteiger partial charge in [0, 0.05) is 28.7 Å². The van der Waals surface area contributed by atoms with E-state index in [0.29, 0.717) is 6.54 Å². The maximum atomic E-state index is 11.7. The van der Waals surface area contributed by atoms with Gasteiger partial charge in [-0.3, -0.25) is 0 Å². The summed E-state index contributed by atoms with van der Waals surface area (Å²) < 4.78 is 18.0. The fourth-order valence-electron chi connectivity index (χ4n) is 4.16. The Hall–Kier alpha value is -3.10. The van der Waals surface area contributed by atoms with Crippen LogP contribution in [0.1, 0.15) is 41.6 Å². The molecule has 4 unspecified atom stereocenters. The third kappa shape index (κ3) is 7.46. The smallest absolute Gasteiger partial charge is 0.407 e. The summed E-state index contributed by atoms with van der Waals surface area (Å²) in [5, 5.41) is 12.2. The van der Waals surface area contributed by atoms with Crippen LogP contribution < -0.4 is 5.32 Å². The molecule has 1 heterocycles. The first-order valence-electron chi connectivity index (χ1n) is 12.4. The normalized spacial score (nSPS) is 21.2. The van der Waals surface area contributed by atoms with Gasteiger partial charge < -0.3 is 24.6 Å². The second-order valence-electron chi connectivity index (χ2n) is 8.93. The average molecular weight is 520 g/mol. The fourth-order valence-corrected chi connectivity index (χ4v) is 5.25. The molecule has 1 amide bonds. The van der Waals surface area contributed by atoms with E-state index in [2.05, 4.69) is 31.0 Å². The molecule has 3 aromatic carbocycles. The molecule has 1 aliphatic rings. The van der Waals surface area contributed by atoms with Crippen molar-refractivity contribution in [3.63, 3.8) is 0 Å². The zero-order valence-electron chi connectivity index (χ0n) is 20.9. The summed E-state index contributed by atoms with van der Waals surface area (Å²) in [4.78, 5) is 12.9. The number of thioether (sulfide) groups is 1. The number of amides is 1. The van der Waals surface area contributed by atoms with Gasteiger partial charge in [-0.05, 0) is 28.8 Å². The SMILES string of the molecule is C=CCOC(=O)NCc1ccc(C2OC(CSc3ccccc3)C(C)C(c3ccc(CO)cc3)O2)cc1. The Kier molecular flexibility index (Phi) is 9.79. The van der Waals surface area contributed by atoms with E-state index in [-0.39, 0.29) is 31.3 Å². The molecule has 1 fully saturated rings. The number of carbonyl (C=O) groups excluding carboxylic acids is 1. The average Bonchev–Trinajstić information content (AvgIpc) is 2.95. The Morgan fingerprint density at radius 2 is 1.68 bits per heavy atom. The van der Waals surface area contributed by atoms with Gasteiger partial charge in [0.25, 0.3) is 0 Å². The van der Waals surface area contributed by atoms with E-state index in [1.807, 2.05) is 66.7 Å². The molecule has 3 aromatic rings. The third-order valence-corrected chi connectivity index (χ3v) is 7.40. The van der Waals surface area contributed by atoms with Crippen LogP contribution in [0.2, 0.25) is 0 Å². The molecule has 0 aromatic heterocycles. The fraction of sp³-hybridized carbons (Fsp3) is 0.300. The Morgan fingerprint density at radius 3 is 2.35 bits per heavy atom. The Bertz CT molecular complexity index is 1140. The number of rotatable bonds is 10. The van der Waals surface area contributed by atoms with Crippen molar-refractivity contribution in [2.45, 2.75) is 43.5 Å². The maximum absolute atomic E-state index is 11.7. The molecule has 0 bridgehead atoms. The highest BCUT2D eigenvalue weighted by atomic mass is 32.2. The van der Waals surface area contributed by atoms with Crippen molar-refractivity contribution in [1.82, 2.24) is 5.32 Å². The summed E-state index contributed by atoms with van der Waals surface area (Å²) in [6, 6.07) is 26.1. The van der Waals surface area contributed by atoms with E-state index in [0.717, 1.165) is 28.0 Å². The molecule has 0 spiro atoms. The van der Waals surface area contributed by atoms with E-state index in [9.17, 15) is 9.90 Å². The molecule has 1 aliphatic heterocycles. The van der Waals surface area contributed by atoms with Crippen molar-refractivity contribution in [3.8, 4) is 0 Å². The van der Waals surface area contributed by atoms with Crippen LogP contribution in [0.4, 0.5) is 4.79 Å². The molecule has 0 radical (unpaired) electrons. The summed E-state index contributed by atoms with van der Waals surface area (Å²) in [5.41, 5.74) is 3.78. The lowest BCUT2D eigenvalue weighted by molar-refractivity contribution is -0.268. The lowest BCUT2D eigenvalue weighted by Gasteiger charge is -2.41. The molecule has 194 valence electrons. The second-order valence-corrected chi connectivity index (χ2v) is 10.0. The van der Waals surface area contributed by atoms with E-state index in [1.54, 1.807) is 11.8 Å². The van der Waals surface area contributed by atoms with Crippen molar-refractivity contribution in [2.75, 3.05) is 12.4 Å². The van der Waals surface area contributed by atoms with Crippen LogP contribution in [0.25, 0.3) is 0 Å². The van der Waals surface area contributed by atoms with E-state index in [1.165, 1.54) is 11.0 Å². The predicted octanol–water partition coefficient (Wildman–Crippen LogP) is 6.17.